The Morgan fingerprint density at radius 2 is 2.27 bits per heavy atom. The van der Waals surface area contributed by atoms with E-state index in [9.17, 15) is 4.79 Å². The number of nitrogens with one attached hydrogen (secondary N) is 2. The van der Waals surface area contributed by atoms with Crippen LogP contribution in [0.4, 0.5) is 0 Å². The van der Waals surface area contributed by atoms with Crippen LogP contribution in [-0.4, -0.2) is 17.1 Å². The molecule has 0 aromatic carbocycles. The van der Waals surface area contributed by atoms with Crippen LogP contribution >= 0.6 is 12.2 Å². The van der Waals surface area contributed by atoms with E-state index in [-0.39, 0.29) is 11.8 Å². The topological polar surface area (TPSA) is 41.1 Å². The Morgan fingerprint density at radius 1 is 1.45 bits per heavy atom. The molecule has 1 saturated heterocycles. The van der Waals surface area contributed by atoms with E-state index in [4.69, 9.17) is 12.2 Å². The summed E-state index contributed by atoms with van der Waals surface area (Å²) in [4.78, 5) is 11.2. The van der Waals surface area contributed by atoms with Gasteiger partial charge >= 0.3 is 0 Å². The summed E-state index contributed by atoms with van der Waals surface area (Å²) in [7, 11) is 0. The molecule has 1 heterocycles. The summed E-state index contributed by atoms with van der Waals surface area (Å²) < 4.78 is 0. The van der Waals surface area contributed by atoms with Gasteiger partial charge in [0.25, 0.3) is 0 Å². The lowest BCUT2D eigenvalue weighted by atomic mass is 10.0. The third kappa shape index (κ3) is 1.11. The van der Waals surface area contributed by atoms with Crippen LogP contribution in [0.15, 0.2) is 0 Å². The minimum Gasteiger partial charge on any atom is -0.359 e. The van der Waals surface area contributed by atoms with Crippen molar-refractivity contribution in [2.75, 3.05) is 0 Å². The van der Waals surface area contributed by atoms with Crippen LogP contribution in [0.5, 0.6) is 0 Å². The fourth-order valence-corrected chi connectivity index (χ4v) is 2.11. The first-order valence-corrected chi connectivity index (χ1v) is 4.29. The summed E-state index contributed by atoms with van der Waals surface area (Å²) in [5.74, 6) is 0.276. The minimum atomic E-state index is 0.108. The minimum absolute atomic E-state index is 0.108. The predicted molar refractivity (Wildman–Crippen MR) is 45.0 cm³/mol. The first-order chi connectivity index (χ1) is 5.27. The van der Waals surface area contributed by atoms with Crippen LogP contribution in [0.25, 0.3) is 0 Å². The first-order valence-electron chi connectivity index (χ1n) is 3.89. The standard InChI is InChI=1S/C7H10N2OS/c10-6-4-2-1-3-5(4)8-7(11)9-6/h4-5H,1-3H2,(H2,8,9,10,11). The summed E-state index contributed by atoms with van der Waals surface area (Å²) in [5.41, 5.74) is 0. The zero-order chi connectivity index (χ0) is 7.84. The number of carbonyl (C=O) groups excluding carboxylic acids is 1. The van der Waals surface area contributed by atoms with Gasteiger partial charge in [0.05, 0.1) is 5.92 Å². The second kappa shape index (κ2) is 2.44. The molecule has 1 amide bonds. The molecule has 4 heteroatoms. The molecule has 0 radical (unpaired) electrons. The van der Waals surface area contributed by atoms with Crippen molar-refractivity contribution in [3.63, 3.8) is 0 Å². The molecule has 1 saturated carbocycles. The molecular weight excluding hydrogens is 160 g/mol. The lowest BCUT2D eigenvalue weighted by Gasteiger charge is -2.27. The molecule has 2 aliphatic rings. The predicted octanol–water partition coefficient (Wildman–Crippen LogP) is 0.159. The third-order valence-electron chi connectivity index (χ3n) is 2.41. The fraction of sp³-hybridized carbons (Fsp3) is 0.714. The highest BCUT2D eigenvalue weighted by Gasteiger charge is 2.36. The van der Waals surface area contributed by atoms with E-state index in [1.54, 1.807) is 0 Å². The van der Waals surface area contributed by atoms with Gasteiger partial charge in [-0.15, -0.1) is 0 Å². The van der Waals surface area contributed by atoms with E-state index in [1.807, 2.05) is 0 Å². The highest BCUT2D eigenvalue weighted by molar-refractivity contribution is 7.80. The van der Waals surface area contributed by atoms with Gasteiger partial charge in [0, 0.05) is 6.04 Å². The lowest BCUT2D eigenvalue weighted by molar-refractivity contribution is -0.124. The van der Waals surface area contributed by atoms with Crippen molar-refractivity contribution in [1.29, 1.82) is 0 Å². The molecule has 2 atom stereocenters. The SMILES string of the molecule is O=C1NC(=S)NC2CCCC12. The molecular formula is C7H10N2OS. The second-order valence-electron chi connectivity index (χ2n) is 3.11. The van der Waals surface area contributed by atoms with Crippen LogP contribution in [-0.2, 0) is 4.79 Å². The molecule has 2 unspecified atom stereocenters. The number of hydrogen-bond donors (Lipinski definition) is 2. The molecule has 0 aromatic rings. The van der Waals surface area contributed by atoms with Crippen molar-refractivity contribution in [2.45, 2.75) is 25.3 Å². The molecule has 0 aromatic heterocycles. The summed E-state index contributed by atoms with van der Waals surface area (Å²) in [6.45, 7) is 0. The fourth-order valence-electron chi connectivity index (χ4n) is 1.86. The number of amides is 1. The molecule has 60 valence electrons. The Morgan fingerprint density at radius 3 is 3.09 bits per heavy atom. The normalized spacial score (nSPS) is 36.0. The summed E-state index contributed by atoms with van der Waals surface area (Å²) in [6.07, 6.45) is 3.22. The Labute approximate surface area is 70.5 Å². The molecule has 2 rings (SSSR count). The van der Waals surface area contributed by atoms with Gasteiger partial charge in [0.2, 0.25) is 5.91 Å². The molecule has 2 N–H and O–H groups in total. The van der Waals surface area contributed by atoms with E-state index in [1.165, 1.54) is 0 Å². The summed E-state index contributed by atoms with van der Waals surface area (Å²) in [6, 6.07) is 0.316. The number of hydrogen-bond acceptors (Lipinski definition) is 2. The van der Waals surface area contributed by atoms with Crippen molar-refractivity contribution >= 4 is 23.2 Å². The van der Waals surface area contributed by atoms with Gasteiger partial charge < -0.3 is 10.6 Å². The van der Waals surface area contributed by atoms with Crippen molar-refractivity contribution < 1.29 is 4.79 Å². The monoisotopic (exact) mass is 170 g/mol. The molecule has 3 nitrogen and oxygen atoms in total. The molecule has 0 bridgehead atoms. The summed E-state index contributed by atoms with van der Waals surface area (Å²) in [5, 5.41) is 6.24. The quantitative estimate of drug-likeness (QED) is 0.509. The zero-order valence-corrected chi connectivity index (χ0v) is 6.91. The van der Waals surface area contributed by atoms with E-state index in [0.29, 0.717) is 11.2 Å². The average molecular weight is 170 g/mol. The highest BCUT2D eigenvalue weighted by atomic mass is 32.1. The van der Waals surface area contributed by atoms with E-state index < -0.39 is 0 Å². The van der Waals surface area contributed by atoms with Crippen LogP contribution in [0.2, 0.25) is 0 Å². The maximum atomic E-state index is 11.2. The summed E-state index contributed by atoms with van der Waals surface area (Å²) >= 11 is 4.86. The van der Waals surface area contributed by atoms with E-state index in [0.717, 1.165) is 19.3 Å². The van der Waals surface area contributed by atoms with Crippen LogP contribution < -0.4 is 10.6 Å². The number of rotatable bonds is 0. The van der Waals surface area contributed by atoms with Crippen LogP contribution in [0.3, 0.4) is 0 Å². The Hall–Kier alpha value is -0.640. The van der Waals surface area contributed by atoms with Gasteiger partial charge in [0.1, 0.15) is 0 Å². The van der Waals surface area contributed by atoms with Crippen LogP contribution in [0, 0.1) is 5.92 Å². The highest BCUT2D eigenvalue weighted by Crippen LogP contribution is 2.27. The van der Waals surface area contributed by atoms with Gasteiger partial charge in [-0.3, -0.25) is 4.79 Å². The molecule has 11 heavy (non-hydrogen) atoms. The average Bonchev–Trinajstić information content (AvgIpc) is 2.34. The lowest BCUT2D eigenvalue weighted by Crippen LogP contribution is -2.55. The van der Waals surface area contributed by atoms with E-state index in [2.05, 4.69) is 10.6 Å². The number of carbonyl (C=O) groups is 1. The second-order valence-corrected chi connectivity index (χ2v) is 3.51. The third-order valence-corrected chi connectivity index (χ3v) is 2.63. The van der Waals surface area contributed by atoms with Crippen molar-refractivity contribution in [3.05, 3.63) is 0 Å². The molecule has 1 aliphatic heterocycles. The van der Waals surface area contributed by atoms with Crippen molar-refractivity contribution in [1.82, 2.24) is 10.6 Å². The first kappa shape index (κ1) is 7.03. The maximum Gasteiger partial charge on any atom is 0.231 e. The molecule has 0 spiro atoms. The van der Waals surface area contributed by atoms with Gasteiger partial charge in [0.15, 0.2) is 5.11 Å². The van der Waals surface area contributed by atoms with Gasteiger partial charge in [-0.25, -0.2) is 0 Å². The zero-order valence-electron chi connectivity index (χ0n) is 6.09. The van der Waals surface area contributed by atoms with Gasteiger partial charge in [-0.2, -0.15) is 0 Å². The molecule has 1 aliphatic carbocycles. The Bertz CT molecular complexity index is 216. The smallest absolute Gasteiger partial charge is 0.231 e. The number of fused-ring (bicyclic) bond motifs is 1. The number of thiocarbonyl (C=S) groups is 1. The van der Waals surface area contributed by atoms with Gasteiger partial charge in [-0.05, 0) is 25.1 Å². The van der Waals surface area contributed by atoms with E-state index >= 15 is 0 Å². The Balaban J connectivity index is 2.16. The largest absolute Gasteiger partial charge is 0.359 e. The molecule has 2 fully saturated rings. The van der Waals surface area contributed by atoms with Crippen molar-refractivity contribution in [2.24, 2.45) is 5.92 Å². The van der Waals surface area contributed by atoms with Gasteiger partial charge in [-0.1, -0.05) is 6.42 Å². The maximum absolute atomic E-state index is 11.2. The van der Waals surface area contributed by atoms with Crippen LogP contribution in [0.1, 0.15) is 19.3 Å². The Kier molecular flexibility index (Phi) is 1.56. The van der Waals surface area contributed by atoms with Crippen molar-refractivity contribution in [3.8, 4) is 0 Å².